The Morgan fingerprint density at radius 2 is 2.06 bits per heavy atom. The first-order valence-electron chi connectivity index (χ1n) is 9.84. The smallest absolute Gasteiger partial charge is 0.351 e. The third kappa shape index (κ3) is 4.71. The van der Waals surface area contributed by atoms with Gasteiger partial charge in [0.05, 0.1) is 10.4 Å². The summed E-state index contributed by atoms with van der Waals surface area (Å²) in [7, 11) is 0. The normalized spacial score (nSPS) is 17.1. The minimum atomic E-state index is -4.46. The van der Waals surface area contributed by atoms with Gasteiger partial charge in [0.1, 0.15) is 5.82 Å². The third-order valence-corrected chi connectivity index (χ3v) is 6.13. The summed E-state index contributed by atoms with van der Waals surface area (Å²) in [6.07, 6.45) is -1.88. The molecule has 11 heteroatoms. The van der Waals surface area contributed by atoms with Crippen molar-refractivity contribution >= 4 is 28.8 Å². The van der Waals surface area contributed by atoms with Crippen LogP contribution in [0.15, 0.2) is 35.8 Å². The van der Waals surface area contributed by atoms with E-state index < -0.39 is 11.7 Å². The molecule has 0 aromatic carbocycles. The standard InChI is InChI=1S/C20H20F3N5O2S/c21-20(22,23)14-5-6-16-25-26-18(28(16)12-14)13-3-1-9-27(11-13)17(29)7-8-24-19(30)15-4-2-10-31-15/h2,4-6,10,12-13H,1,3,7-9,11H2,(H,24,30). The molecule has 2 amide bonds. The zero-order chi connectivity index (χ0) is 22.0. The number of alkyl halides is 3. The van der Waals surface area contributed by atoms with E-state index in [1.54, 1.807) is 22.4 Å². The zero-order valence-corrected chi connectivity index (χ0v) is 17.2. The SMILES string of the molecule is O=C(NCCC(=O)N1CCCC(c2nnc3ccc(C(F)(F)F)cn23)C1)c1cccs1. The number of aromatic nitrogens is 3. The van der Waals surface area contributed by atoms with Crippen molar-refractivity contribution < 1.29 is 22.8 Å². The molecule has 164 valence electrons. The number of likely N-dealkylation sites (tertiary alicyclic amines) is 1. The van der Waals surface area contributed by atoms with Crippen LogP contribution in [-0.2, 0) is 11.0 Å². The number of nitrogens with zero attached hydrogens (tertiary/aromatic N) is 4. The van der Waals surface area contributed by atoms with Gasteiger partial charge in [0, 0.05) is 38.2 Å². The summed E-state index contributed by atoms with van der Waals surface area (Å²) in [6, 6.07) is 5.77. The molecular weight excluding hydrogens is 431 g/mol. The van der Waals surface area contributed by atoms with E-state index in [4.69, 9.17) is 0 Å². The maximum atomic E-state index is 13.1. The minimum absolute atomic E-state index is 0.110. The molecule has 1 aliphatic rings. The monoisotopic (exact) mass is 451 g/mol. The maximum Gasteiger partial charge on any atom is 0.417 e. The number of hydrogen-bond acceptors (Lipinski definition) is 5. The second kappa shape index (κ2) is 8.66. The van der Waals surface area contributed by atoms with Gasteiger partial charge in [0.15, 0.2) is 5.65 Å². The molecule has 7 nitrogen and oxygen atoms in total. The fourth-order valence-electron chi connectivity index (χ4n) is 3.70. The Morgan fingerprint density at radius 1 is 1.23 bits per heavy atom. The predicted molar refractivity (Wildman–Crippen MR) is 108 cm³/mol. The van der Waals surface area contributed by atoms with Crippen LogP contribution in [0.2, 0.25) is 0 Å². The predicted octanol–water partition coefficient (Wildman–Crippen LogP) is 3.34. The highest BCUT2D eigenvalue weighted by Crippen LogP contribution is 2.31. The number of halogens is 3. The molecule has 1 N–H and O–H groups in total. The van der Waals surface area contributed by atoms with Gasteiger partial charge in [-0.05, 0) is 36.4 Å². The lowest BCUT2D eigenvalue weighted by molar-refractivity contribution is -0.137. The minimum Gasteiger partial charge on any atom is -0.351 e. The van der Waals surface area contributed by atoms with Crippen molar-refractivity contribution in [3.8, 4) is 0 Å². The molecule has 1 atom stereocenters. The second-order valence-corrected chi connectivity index (χ2v) is 8.31. The number of thiophene rings is 1. The molecule has 0 radical (unpaired) electrons. The third-order valence-electron chi connectivity index (χ3n) is 5.26. The van der Waals surface area contributed by atoms with Gasteiger partial charge >= 0.3 is 6.18 Å². The molecule has 0 saturated carbocycles. The number of amides is 2. The van der Waals surface area contributed by atoms with E-state index in [0.29, 0.717) is 42.3 Å². The average Bonchev–Trinajstić information content (AvgIpc) is 3.42. The number of pyridine rings is 1. The van der Waals surface area contributed by atoms with Gasteiger partial charge in [-0.15, -0.1) is 21.5 Å². The van der Waals surface area contributed by atoms with E-state index in [-0.39, 0.29) is 30.7 Å². The summed E-state index contributed by atoms with van der Waals surface area (Å²) in [5.74, 6) is -0.114. The van der Waals surface area contributed by atoms with E-state index >= 15 is 0 Å². The van der Waals surface area contributed by atoms with Crippen LogP contribution in [0.5, 0.6) is 0 Å². The Morgan fingerprint density at radius 3 is 2.81 bits per heavy atom. The van der Waals surface area contributed by atoms with Crippen molar-refractivity contribution in [3.05, 3.63) is 52.1 Å². The first-order valence-corrected chi connectivity index (χ1v) is 10.7. The Bertz CT molecular complexity index is 1080. The Balaban J connectivity index is 1.40. The highest BCUT2D eigenvalue weighted by atomic mass is 32.1. The van der Waals surface area contributed by atoms with Crippen LogP contribution in [0.1, 0.15) is 46.2 Å². The average molecular weight is 451 g/mol. The second-order valence-electron chi connectivity index (χ2n) is 7.36. The summed E-state index contributed by atoms with van der Waals surface area (Å²) in [5.41, 5.74) is -0.436. The van der Waals surface area contributed by atoms with Gasteiger partial charge in [0.25, 0.3) is 5.91 Å². The van der Waals surface area contributed by atoms with Crippen molar-refractivity contribution in [3.63, 3.8) is 0 Å². The topological polar surface area (TPSA) is 79.6 Å². The van der Waals surface area contributed by atoms with Crippen LogP contribution in [0.25, 0.3) is 5.65 Å². The van der Waals surface area contributed by atoms with E-state index in [0.717, 1.165) is 12.3 Å². The van der Waals surface area contributed by atoms with E-state index in [9.17, 15) is 22.8 Å². The molecule has 0 spiro atoms. The molecule has 4 rings (SSSR count). The van der Waals surface area contributed by atoms with E-state index in [1.165, 1.54) is 21.8 Å². The zero-order valence-electron chi connectivity index (χ0n) is 16.4. The van der Waals surface area contributed by atoms with Crippen LogP contribution >= 0.6 is 11.3 Å². The van der Waals surface area contributed by atoms with Gasteiger partial charge in [-0.25, -0.2) is 0 Å². The van der Waals surface area contributed by atoms with Crippen molar-refractivity contribution in [2.45, 2.75) is 31.4 Å². The fourth-order valence-corrected chi connectivity index (χ4v) is 4.35. The molecule has 1 saturated heterocycles. The van der Waals surface area contributed by atoms with Crippen LogP contribution in [-0.4, -0.2) is 50.9 Å². The molecule has 1 fully saturated rings. The van der Waals surface area contributed by atoms with E-state index in [1.807, 2.05) is 0 Å². The quantitative estimate of drug-likeness (QED) is 0.645. The Kier molecular flexibility index (Phi) is 5.94. The van der Waals surface area contributed by atoms with Crippen molar-refractivity contribution in [2.75, 3.05) is 19.6 Å². The maximum absolute atomic E-state index is 13.1. The largest absolute Gasteiger partial charge is 0.417 e. The number of hydrogen-bond donors (Lipinski definition) is 1. The molecule has 4 heterocycles. The van der Waals surface area contributed by atoms with Gasteiger partial charge in [-0.1, -0.05) is 6.07 Å². The molecule has 1 unspecified atom stereocenters. The lowest BCUT2D eigenvalue weighted by Crippen LogP contribution is -2.41. The van der Waals surface area contributed by atoms with Crippen LogP contribution in [0.3, 0.4) is 0 Å². The number of rotatable bonds is 5. The van der Waals surface area contributed by atoms with Crippen LogP contribution in [0, 0.1) is 0 Å². The lowest BCUT2D eigenvalue weighted by atomic mass is 9.97. The number of carbonyl (C=O) groups excluding carboxylic acids is 2. The number of carbonyl (C=O) groups is 2. The summed E-state index contributed by atoms with van der Waals surface area (Å²) in [5, 5.41) is 12.6. The van der Waals surface area contributed by atoms with Crippen molar-refractivity contribution in [1.29, 1.82) is 0 Å². The first kappa shape index (κ1) is 21.3. The molecular formula is C20H20F3N5O2S. The molecule has 1 aliphatic heterocycles. The molecule has 0 aliphatic carbocycles. The van der Waals surface area contributed by atoms with Crippen LogP contribution in [0.4, 0.5) is 13.2 Å². The van der Waals surface area contributed by atoms with Gasteiger partial charge in [-0.2, -0.15) is 13.2 Å². The van der Waals surface area contributed by atoms with E-state index in [2.05, 4.69) is 15.5 Å². The Hall–Kier alpha value is -2.95. The van der Waals surface area contributed by atoms with Crippen molar-refractivity contribution in [2.24, 2.45) is 0 Å². The summed E-state index contributed by atoms with van der Waals surface area (Å²) in [4.78, 5) is 26.9. The van der Waals surface area contributed by atoms with Crippen molar-refractivity contribution in [1.82, 2.24) is 24.8 Å². The van der Waals surface area contributed by atoms with Crippen LogP contribution < -0.4 is 5.32 Å². The summed E-state index contributed by atoms with van der Waals surface area (Å²) < 4.78 is 40.6. The summed E-state index contributed by atoms with van der Waals surface area (Å²) in [6.45, 7) is 1.15. The van der Waals surface area contributed by atoms with Gasteiger partial charge < -0.3 is 10.2 Å². The molecule has 3 aromatic heterocycles. The van der Waals surface area contributed by atoms with Gasteiger partial charge in [-0.3, -0.25) is 14.0 Å². The Labute approximate surface area is 179 Å². The highest BCUT2D eigenvalue weighted by Gasteiger charge is 2.32. The lowest BCUT2D eigenvalue weighted by Gasteiger charge is -2.32. The fraction of sp³-hybridized carbons (Fsp3) is 0.400. The first-order chi connectivity index (χ1) is 14.8. The molecule has 31 heavy (non-hydrogen) atoms. The molecule has 0 bridgehead atoms. The number of piperidine rings is 1. The summed E-state index contributed by atoms with van der Waals surface area (Å²) >= 11 is 1.33. The number of nitrogens with one attached hydrogen (secondary N) is 1. The number of fused-ring (bicyclic) bond motifs is 1. The molecule has 3 aromatic rings. The van der Waals surface area contributed by atoms with Gasteiger partial charge in [0.2, 0.25) is 5.91 Å². The highest BCUT2D eigenvalue weighted by molar-refractivity contribution is 7.12.